The van der Waals surface area contributed by atoms with Gasteiger partial charge in [-0.25, -0.2) is 13.1 Å². The van der Waals surface area contributed by atoms with Crippen LogP contribution in [0.5, 0.6) is 0 Å². The van der Waals surface area contributed by atoms with Gasteiger partial charge in [0, 0.05) is 24.7 Å². The highest BCUT2D eigenvalue weighted by molar-refractivity contribution is 7.89. The average molecular weight is 353 g/mol. The van der Waals surface area contributed by atoms with Crippen molar-refractivity contribution in [3.05, 3.63) is 29.8 Å². The van der Waals surface area contributed by atoms with E-state index in [1.807, 2.05) is 0 Å². The maximum atomic E-state index is 12.1. The van der Waals surface area contributed by atoms with Crippen LogP contribution < -0.4 is 15.4 Å². The van der Waals surface area contributed by atoms with Crippen LogP contribution in [-0.4, -0.2) is 40.5 Å². The monoisotopic (exact) mass is 353 g/mol. The predicted octanol–water partition coefficient (Wildman–Crippen LogP) is 1.64. The van der Waals surface area contributed by atoms with Crippen molar-refractivity contribution < 1.29 is 13.2 Å². The Morgan fingerprint density at radius 2 is 1.67 bits per heavy atom. The van der Waals surface area contributed by atoms with E-state index in [-0.39, 0.29) is 10.8 Å². The zero-order valence-corrected chi connectivity index (χ0v) is 15.0. The van der Waals surface area contributed by atoms with Gasteiger partial charge in [-0.2, -0.15) is 0 Å². The molecule has 0 aliphatic heterocycles. The summed E-state index contributed by atoms with van der Waals surface area (Å²) in [6.45, 7) is 1.31. The molecule has 24 heavy (non-hydrogen) atoms. The molecule has 3 N–H and O–H groups in total. The fourth-order valence-electron chi connectivity index (χ4n) is 2.94. The molecule has 0 radical (unpaired) electrons. The van der Waals surface area contributed by atoms with Gasteiger partial charge in [0.2, 0.25) is 10.0 Å². The minimum absolute atomic E-state index is 0.150. The van der Waals surface area contributed by atoms with Gasteiger partial charge in [0.1, 0.15) is 0 Å². The van der Waals surface area contributed by atoms with E-state index in [0.717, 1.165) is 6.54 Å². The van der Waals surface area contributed by atoms with Gasteiger partial charge in [-0.3, -0.25) is 4.79 Å². The standard InChI is InChI=1S/C17H27N3O3S/c1-18-24(22,23)16-10-8-14(9-11-16)17(21)20-13-12-19-15-6-4-2-3-5-7-15/h8-11,15,18-19H,2-7,12-13H2,1H3,(H,20,21). The summed E-state index contributed by atoms with van der Waals surface area (Å²) in [5.41, 5.74) is 0.458. The molecule has 0 bridgehead atoms. The Balaban J connectivity index is 1.76. The fraction of sp³-hybridized carbons (Fsp3) is 0.588. The van der Waals surface area contributed by atoms with Crippen LogP contribution in [0.15, 0.2) is 29.2 Å². The molecule has 134 valence electrons. The Morgan fingerprint density at radius 1 is 1.04 bits per heavy atom. The van der Waals surface area contributed by atoms with Crippen LogP contribution in [0.3, 0.4) is 0 Å². The van der Waals surface area contributed by atoms with Crippen LogP contribution in [0.2, 0.25) is 0 Å². The van der Waals surface area contributed by atoms with Gasteiger partial charge in [0.25, 0.3) is 5.91 Å². The molecule has 1 aromatic rings. The first-order chi connectivity index (χ1) is 11.5. The number of sulfonamides is 1. The van der Waals surface area contributed by atoms with E-state index in [4.69, 9.17) is 0 Å². The van der Waals surface area contributed by atoms with Crippen LogP contribution in [-0.2, 0) is 10.0 Å². The van der Waals surface area contributed by atoms with Crippen molar-refractivity contribution in [3.8, 4) is 0 Å². The Bertz CT molecular complexity index is 621. The van der Waals surface area contributed by atoms with Crippen LogP contribution in [0.4, 0.5) is 0 Å². The number of carbonyl (C=O) groups is 1. The number of hydrogen-bond donors (Lipinski definition) is 3. The summed E-state index contributed by atoms with van der Waals surface area (Å²) in [5, 5.41) is 6.36. The first-order valence-corrected chi connectivity index (χ1v) is 10.1. The van der Waals surface area contributed by atoms with Crippen LogP contribution >= 0.6 is 0 Å². The van der Waals surface area contributed by atoms with E-state index in [9.17, 15) is 13.2 Å². The van der Waals surface area contributed by atoms with Crippen molar-refractivity contribution in [2.75, 3.05) is 20.1 Å². The third-order valence-corrected chi connectivity index (χ3v) is 5.82. The second-order valence-electron chi connectivity index (χ2n) is 6.13. The summed E-state index contributed by atoms with van der Waals surface area (Å²) in [4.78, 5) is 12.2. The second-order valence-corrected chi connectivity index (χ2v) is 8.02. The van der Waals surface area contributed by atoms with E-state index in [1.165, 1.54) is 69.8 Å². The average Bonchev–Trinajstić information content (AvgIpc) is 2.87. The molecule has 1 aliphatic carbocycles. The van der Waals surface area contributed by atoms with Crippen molar-refractivity contribution in [2.45, 2.75) is 49.5 Å². The molecular formula is C17H27N3O3S. The fourth-order valence-corrected chi connectivity index (χ4v) is 3.67. The summed E-state index contributed by atoms with van der Waals surface area (Å²) in [5.74, 6) is -0.189. The number of hydrogen-bond acceptors (Lipinski definition) is 4. The minimum atomic E-state index is -3.47. The third kappa shape index (κ3) is 5.58. The van der Waals surface area contributed by atoms with E-state index in [1.54, 1.807) is 0 Å². The van der Waals surface area contributed by atoms with Crippen LogP contribution in [0.25, 0.3) is 0 Å². The minimum Gasteiger partial charge on any atom is -0.351 e. The first kappa shape index (κ1) is 18.9. The zero-order valence-electron chi connectivity index (χ0n) is 14.2. The molecule has 0 aromatic heterocycles. The highest BCUT2D eigenvalue weighted by Crippen LogP contribution is 2.16. The van der Waals surface area contributed by atoms with Crippen molar-refractivity contribution >= 4 is 15.9 Å². The first-order valence-electron chi connectivity index (χ1n) is 8.58. The summed E-state index contributed by atoms with van der Waals surface area (Å²) >= 11 is 0. The lowest BCUT2D eigenvalue weighted by molar-refractivity contribution is 0.0953. The number of amides is 1. The predicted molar refractivity (Wildman–Crippen MR) is 94.5 cm³/mol. The molecule has 7 heteroatoms. The van der Waals surface area contributed by atoms with E-state index in [0.29, 0.717) is 18.2 Å². The summed E-state index contributed by atoms with van der Waals surface area (Å²) in [7, 11) is -2.11. The van der Waals surface area contributed by atoms with Crippen molar-refractivity contribution in [3.63, 3.8) is 0 Å². The van der Waals surface area contributed by atoms with E-state index >= 15 is 0 Å². The lowest BCUT2D eigenvalue weighted by Gasteiger charge is -2.16. The molecule has 6 nitrogen and oxygen atoms in total. The normalized spacial score (nSPS) is 16.5. The SMILES string of the molecule is CNS(=O)(=O)c1ccc(C(=O)NCCNC2CCCCCC2)cc1. The smallest absolute Gasteiger partial charge is 0.251 e. The lowest BCUT2D eigenvalue weighted by atomic mass is 10.1. The van der Waals surface area contributed by atoms with Gasteiger partial charge < -0.3 is 10.6 Å². The maximum absolute atomic E-state index is 12.1. The summed E-state index contributed by atoms with van der Waals surface area (Å²) in [6, 6.07) is 6.49. The highest BCUT2D eigenvalue weighted by Gasteiger charge is 2.13. The van der Waals surface area contributed by atoms with E-state index < -0.39 is 10.0 Å². The van der Waals surface area contributed by atoms with Crippen molar-refractivity contribution in [2.24, 2.45) is 0 Å². The van der Waals surface area contributed by atoms with Gasteiger partial charge in [-0.15, -0.1) is 0 Å². The third-order valence-electron chi connectivity index (χ3n) is 4.39. The Kier molecular flexibility index (Phi) is 7.20. The largest absolute Gasteiger partial charge is 0.351 e. The van der Waals surface area contributed by atoms with E-state index in [2.05, 4.69) is 15.4 Å². The topological polar surface area (TPSA) is 87.3 Å². The number of nitrogens with one attached hydrogen (secondary N) is 3. The number of rotatable bonds is 7. The summed E-state index contributed by atoms with van der Waals surface area (Å²) in [6.07, 6.45) is 7.66. The molecule has 0 saturated heterocycles. The molecule has 0 spiro atoms. The second kappa shape index (κ2) is 9.15. The Hall–Kier alpha value is -1.44. The molecule has 1 aromatic carbocycles. The molecule has 1 aliphatic rings. The Labute approximate surface area is 144 Å². The number of benzene rings is 1. The van der Waals surface area contributed by atoms with Gasteiger partial charge >= 0.3 is 0 Å². The van der Waals surface area contributed by atoms with Crippen LogP contribution in [0, 0.1) is 0 Å². The molecule has 2 rings (SSSR count). The molecule has 0 atom stereocenters. The highest BCUT2D eigenvalue weighted by atomic mass is 32.2. The summed E-state index contributed by atoms with van der Waals surface area (Å²) < 4.78 is 25.5. The molecule has 1 amide bonds. The Morgan fingerprint density at radius 3 is 2.25 bits per heavy atom. The van der Waals surface area contributed by atoms with Gasteiger partial charge in [-0.1, -0.05) is 25.7 Å². The molecule has 1 fully saturated rings. The molecule has 0 unspecified atom stereocenters. The zero-order chi connectivity index (χ0) is 17.4. The van der Waals surface area contributed by atoms with Crippen molar-refractivity contribution in [1.29, 1.82) is 0 Å². The molecular weight excluding hydrogens is 326 g/mol. The van der Waals surface area contributed by atoms with Crippen molar-refractivity contribution in [1.82, 2.24) is 15.4 Å². The molecule has 0 heterocycles. The van der Waals surface area contributed by atoms with Gasteiger partial charge in [-0.05, 0) is 44.2 Å². The maximum Gasteiger partial charge on any atom is 0.251 e. The van der Waals surface area contributed by atoms with Crippen LogP contribution in [0.1, 0.15) is 48.9 Å². The van der Waals surface area contributed by atoms with Gasteiger partial charge in [0.15, 0.2) is 0 Å². The van der Waals surface area contributed by atoms with Gasteiger partial charge in [0.05, 0.1) is 4.90 Å². The molecule has 1 saturated carbocycles. The quantitative estimate of drug-likeness (QED) is 0.514. The number of carbonyl (C=O) groups excluding carboxylic acids is 1. The lowest BCUT2D eigenvalue weighted by Crippen LogP contribution is -2.36.